The second-order valence-corrected chi connectivity index (χ2v) is 11.8. The third-order valence-electron chi connectivity index (χ3n) is 5.75. The molecule has 5 heterocycles. The minimum Gasteiger partial charge on any atom is -0.338 e. The van der Waals surface area contributed by atoms with Gasteiger partial charge in [0.1, 0.15) is 0 Å². The first kappa shape index (κ1) is 16.7. The van der Waals surface area contributed by atoms with Gasteiger partial charge in [0, 0.05) is 28.1 Å². The highest BCUT2D eigenvalue weighted by molar-refractivity contribution is 7.34. The van der Waals surface area contributed by atoms with Gasteiger partial charge in [-0.2, -0.15) is 0 Å². The first-order valence-electron chi connectivity index (χ1n) is 9.42. The molecule has 0 fully saturated rings. The van der Waals surface area contributed by atoms with Crippen LogP contribution < -0.4 is 10.9 Å². The van der Waals surface area contributed by atoms with Crippen molar-refractivity contribution in [3.05, 3.63) is 43.3 Å². The third kappa shape index (κ3) is 1.84. The van der Waals surface area contributed by atoms with Crippen LogP contribution in [0.3, 0.4) is 0 Å². The fourth-order valence-corrected chi connectivity index (χ4v) is 9.20. The predicted octanol–water partition coefficient (Wildman–Crippen LogP) is 6.91. The standard InChI is InChI=1S/C22H13NO2S4/c1-8(2)7-23-13-11-9-3-5-26-17(9)15(24)19(11)28-21(13)22-14(23)12-10-4-6-27-18(10)16(25)20(12)29-22/h3-6,8H,7H2,1-2H3. The van der Waals surface area contributed by atoms with Gasteiger partial charge in [-0.15, -0.1) is 45.3 Å². The lowest BCUT2D eigenvalue weighted by Gasteiger charge is -2.09. The van der Waals surface area contributed by atoms with Crippen LogP contribution in [0.1, 0.15) is 13.8 Å². The van der Waals surface area contributed by atoms with E-state index in [4.69, 9.17) is 0 Å². The van der Waals surface area contributed by atoms with Gasteiger partial charge in [-0.3, -0.25) is 9.59 Å². The summed E-state index contributed by atoms with van der Waals surface area (Å²) < 4.78 is 8.21. The number of rotatable bonds is 2. The quantitative estimate of drug-likeness (QED) is 0.287. The van der Waals surface area contributed by atoms with Crippen LogP contribution in [0.4, 0.5) is 0 Å². The average molecular weight is 452 g/mol. The van der Waals surface area contributed by atoms with Gasteiger partial charge in [0.25, 0.3) is 0 Å². The van der Waals surface area contributed by atoms with E-state index in [1.807, 2.05) is 10.8 Å². The molecular formula is C22H13NO2S4. The smallest absolute Gasteiger partial charge is 0.214 e. The van der Waals surface area contributed by atoms with E-state index in [0.717, 1.165) is 46.9 Å². The fourth-order valence-electron chi connectivity index (χ4n) is 4.72. The maximum absolute atomic E-state index is 13.0. The van der Waals surface area contributed by atoms with Crippen LogP contribution in [-0.2, 0) is 6.54 Å². The molecular weight excluding hydrogens is 439 g/mol. The minimum atomic E-state index is 0.163. The Morgan fingerprint density at radius 1 is 0.759 bits per heavy atom. The SMILES string of the molecule is CC(C)Cn1c2c(sc3c(=O)c4sccc4c32)c2sc3c(=O)c4sccc4c3c21. The molecule has 29 heavy (non-hydrogen) atoms. The molecule has 0 bridgehead atoms. The van der Waals surface area contributed by atoms with Crippen LogP contribution in [0.15, 0.2) is 32.5 Å². The highest BCUT2D eigenvalue weighted by Crippen LogP contribution is 2.50. The van der Waals surface area contributed by atoms with Crippen molar-refractivity contribution in [3.63, 3.8) is 0 Å². The van der Waals surface area contributed by atoms with Gasteiger partial charge in [0.15, 0.2) is 0 Å². The summed E-state index contributed by atoms with van der Waals surface area (Å²) in [4.78, 5) is 25.9. The Bertz CT molecular complexity index is 1730. The van der Waals surface area contributed by atoms with Crippen LogP contribution in [0.2, 0.25) is 0 Å². The van der Waals surface area contributed by atoms with Gasteiger partial charge in [0.05, 0.1) is 39.2 Å². The summed E-state index contributed by atoms with van der Waals surface area (Å²) in [6.45, 7) is 5.31. The number of fused-ring (bicyclic) bond motifs is 11. The number of aromatic nitrogens is 1. The maximum Gasteiger partial charge on any atom is 0.214 e. The molecule has 7 heteroatoms. The number of nitrogens with zero attached hydrogens (tertiary/aromatic N) is 1. The van der Waals surface area contributed by atoms with Gasteiger partial charge in [0.2, 0.25) is 10.9 Å². The molecule has 0 aliphatic carbocycles. The Morgan fingerprint density at radius 2 is 1.24 bits per heavy atom. The van der Waals surface area contributed by atoms with Gasteiger partial charge in [-0.1, -0.05) is 13.8 Å². The Morgan fingerprint density at radius 3 is 1.69 bits per heavy atom. The van der Waals surface area contributed by atoms with Crippen molar-refractivity contribution in [2.24, 2.45) is 5.92 Å². The summed E-state index contributed by atoms with van der Waals surface area (Å²) >= 11 is 6.30. The topological polar surface area (TPSA) is 39.1 Å². The number of hydrogen-bond donors (Lipinski definition) is 0. The number of thiophene rings is 4. The van der Waals surface area contributed by atoms with Gasteiger partial charge in [-0.05, 0) is 28.8 Å². The summed E-state index contributed by atoms with van der Waals surface area (Å²) in [5.74, 6) is 0.456. The molecule has 0 spiro atoms. The van der Waals surface area contributed by atoms with E-state index < -0.39 is 0 Å². The molecule has 142 valence electrons. The Hall–Kier alpha value is -2.06. The van der Waals surface area contributed by atoms with Crippen molar-refractivity contribution in [2.45, 2.75) is 20.4 Å². The highest BCUT2D eigenvalue weighted by atomic mass is 32.1. The van der Waals surface area contributed by atoms with E-state index in [9.17, 15) is 9.59 Å². The largest absolute Gasteiger partial charge is 0.338 e. The molecule has 0 N–H and O–H groups in total. The third-order valence-corrected chi connectivity index (χ3v) is 10.1. The summed E-state index contributed by atoms with van der Waals surface area (Å²) in [7, 11) is 0. The van der Waals surface area contributed by atoms with Crippen molar-refractivity contribution < 1.29 is 0 Å². The normalized spacial score (nSPS) is 13.2. The molecule has 0 saturated heterocycles. The minimum absolute atomic E-state index is 0.163. The Labute approximate surface area is 179 Å². The molecule has 7 aromatic rings. The fraction of sp³-hybridized carbons (Fsp3) is 0.182. The predicted molar refractivity (Wildman–Crippen MR) is 131 cm³/mol. The summed E-state index contributed by atoms with van der Waals surface area (Å²) in [5, 5.41) is 8.42. The second kappa shape index (κ2) is 5.35. The molecule has 0 radical (unpaired) electrons. The van der Waals surface area contributed by atoms with E-state index in [0.29, 0.717) is 5.92 Å². The second-order valence-electron chi connectivity index (χ2n) is 7.96. The molecule has 0 amide bonds. The first-order chi connectivity index (χ1) is 14.1. The molecule has 0 aliphatic heterocycles. The van der Waals surface area contributed by atoms with Crippen molar-refractivity contribution in [3.8, 4) is 0 Å². The van der Waals surface area contributed by atoms with E-state index in [2.05, 4.69) is 30.5 Å². The van der Waals surface area contributed by atoms with Gasteiger partial charge in [-0.25, -0.2) is 0 Å². The lowest BCUT2D eigenvalue weighted by Crippen LogP contribution is -2.03. The molecule has 3 nitrogen and oxygen atoms in total. The van der Waals surface area contributed by atoms with Crippen LogP contribution in [0.25, 0.3) is 60.8 Å². The van der Waals surface area contributed by atoms with Crippen molar-refractivity contribution in [1.82, 2.24) is 4.57 Å². The number of hydrogen-bond acceptors (Lipinski definition) is 6. The summed E-state index contributed by atoms with van der Waals surface area (Å²) in [6.07, 6.45) is 0. The molecule has 2 aromatic carbocycles. The maximum atomic E-state index is 13.0. The first-order valence-corrected chi connectivity index (χ1v) is 12.8. The van der Waals surface area contributed by atoms with Gasteiger partial charge < -0.3 is 4.57 Å². The zero-order valence-corrected chi connectivity index (χ0v) is 18.8. The molecule has 0 saturated carbocycles. The molecule has 0 aliphatic rings. The molecule has 0 unspecified atom stereocenters. The Balaban J connectivity index is 1.82. The van der Waals surface area contributed by atoms with Crippen molar-refractivity contribution in [2.75, 3.05) is 0 Å². The monoisotopic (exact) mass is 451 g/mol. The van der Waals surface area contributed by atoms with Crippen LogP contribution in [0, 0.1) is 5.92 Å². The van der Waals surface area contributed by atoms with Crippen LogP contribution in [-0.4, -0.2) is 4.57 Å². The van der Waals surface area contributed by atoms with Crippen molar-refractivity contribution in [1.29, 1.82) is 0 Å². The average Bonchev–Trinajstić information content (AvgIpc) is 3.47. The zero-order valence-electron chi connectivity index (χ0n) is 15.5. The van der Waals surface area contributed by atoms with Crippen molar-refractivity contribution >= 4 is 106 Å². The van der Waals surface area contributed by atoms with E-state index >= 15 is 0 Å². The van der Waals surface area contributed by atoms with Crippen LogP contribution in [0.5, 0.6) is 0 Å². The molecule has 0 atom stereocenters. The summed E-state index contributed by atoms with van der Waals surface area (Å²) in [5.41, 5.74) is 2.69. The molecule has 5 aromatic heterocycles. The lowest BCUT2D eigenvalue weighted by atomic mass is 10.2. The summed E-state index contributed by atoms with van der Waals surface area (Å²) in [6, 6.07) is 4.17. The lowest BCUT2D eigenvalue weighted by molar-refractivity contribution is 0.547. The highest BCUT2D eigenvalue weighted by Gasteiger charge is 2.27. The van der Waals surface area contributed by atoms with Gasteiger partial charge >= 0.3 is 0 Å². The van der Waals surface area contributed by atoms with E-state index in [-0.39, 0.29) is 10.9 Å². The Kier molecular flexibility index (Phi) is 3.08. The molecule has 7 rings (SSSR count). The van der Waals surface area contributed by atoms with E-state index in [1.165, 1.54) is 43.1 Å². The van der Waals surface area contributed by atoms with Crippen LogP contribution >= 0.6 is 45.3 Å². The zero-order chi connectivity index (χ0) is 19.6. The van der Waals surface area contributed by atoms with E-state index in [1.54, 1.807) is 22.7 Å².